The highest BCUT2D eigenvalue weighted by Crippen LogP contribution is 2.20. The van der Waals surface area contributed by atoms with E-state index in [0.29, 0.717) is 19.0 Å². The van der Waals surface area contributed by atoms with Crippen molar-refractivity contribution >= 4 is 15.8 Å². The van der Waals surface area contributed by atoms with Gasteiger partial charge in [-0.25, -0.2) is 23.5 Å². The number of nitrogens with one attached hydrogen (secondary N) is 1. The Morgan fingerprint density at radius 2 is 2.40 bits per heavy atom. The summed E-state index contributed by atoms with van der Waals surface area (Å²) in [5, 5.41) is 0. The molecule has 1 fully saturated rings. The zero-order chi connectivity index (χ0) is 14.6. The van der Waals surface area contributed by atoms with E-state index in [0.717, 1.165) is 19.4 Å². The molecule has 1 unspecified atom stereocenters. The van der Waals surface area contributed by atoms with Crippen LogP contribution in [-0.4, -0.2) is 44.5 Å². The fraction of sp³-hybridized carbons (Fsp3) is 0.583. The van der Waals surface area contributed by atoms with Crippen LogP contribution in [0, 0.1) is 5.92 Å². The zero-order valence-electron chi connectivity index (χ0n) is 11.4. The first-order chi connectivity index (χ1) is 9.54. The van der Waals surface area contributed by atoms with Crippen molar-refractivity contribution in [3.8, 4) is 0 Å². The number of nitrogens with zero attached hydrogens (tertiary/aromatic N) is 2. The predicted molar refractivity (Wildman–Crippen MR) is 75.4 cm³/mol. The Bertz CT molecular complexity index is 543. The molecule has 1 aromatic heterocycles. The smallest absolute Gasteiger partial charge is 0.243 e. The van der Waals surface area contributed by atoms with E-state index >= 15 is 0 Å². The molecule has 0 radical (unpaired) electrons. The van der Waals surface area contributed by atoms with Crippen LogP contribution in [0.5, 0.6) is 0 Å². The van der Waals surface area contributed by atoms with Gasteiger partial charge in [-0.3, -0.25) is 0 Å². The molecule has 1 aromatic rings. The molecule has 1 aliphatic heterocycles. The van der Waals surface area contributed by atoms with Crippen molar-refractivity contribution in [2.24, 2.45) is 11.8 Å². The number of rotatable bonds is 5. The number of hydrazine groups is 1. The van der Waals surface area contributed by atoms with E-state index in [4.69, 9.17) is 10.6 Å². The number of anilines is 1. The summed E-state index contributed by atoms with van der Waals surface area (Å²) in [6.45, 7) is 1.84. The monoisotopic (exact) mass is 300 g/mol. The summed E-state index contributed by atoms with van der Waals surface area (Å²) in [6, 6.07) is 2.88. The van der Waals surface area contributed by atoms with E-state index in [1.165, 1.54) is 22.6 Å². The van der Waals surface area contributed by atoms with Crippen molar-refractivity contribution in [1.29, 1.82) is 0 Å². The van der Waals surface area contributed by atoms with Gasteiger partial charge >= 0.3 is 0 Å². The number of ether oxygens (including phenoxy) is 1. The number of sulfonamides is 1. The van der Waals surface area contributed by atoms with Crippen LogP contribution in [0.4, 0.5) is 5.82 Å². The number of nitrogen functional groups attached to an aromatic ring is 1. The van der Waals surface area contributed by atoms with Gasteiger partial charge in [0.05, 0.1) is 11.5 Å². The van der Waals surface area contributed by atoms with Gasteiger partial charge in [-0.2, -0.15) is 0 Å². The fourth-order valence-corrected chi connectivity index (χ4v) is 3.50. The average molecular weight is 300 g/mol. The van der Waals surface area contributed by atoms with Gasteiger partial charge in [-0.05, 0) is 24.8 Å². The number of hydrogen-bond acceptors (Lipinski definition) is 6. The number of nitrogens with two attached hydrogens (primary N) is 1. The van der Waals surface area contributed by atoms with E-state index in [9.17, 15) is 8.42 Å². The summed E-state index contributed by atoms with van der Waals surface area (Å²) in [7, 11) is -1.95. The second kappa shape index (κ2) is 6.49. The molecule has 1 aliphatic rings. The average Bonchev–Trinajstić information content (AvgIpc) is 2.48. The summed E-state index contributed by atoms with van der Waals surface area (Å²) in [5.41, 5.74) is 2.35. The number of aromatic nitrogens is 1. The topological polar surface area (TPSA) is 97.5 Å². The molecule has 0 aromatic carbocycles. The molecule has 3 N–H and O–H groups in total. The number of pyridine rings is 1. The maximum Gasteiger partial charge on any atom is 0.243 e. The summed E-state index contributed by atoms with van der Waals surface area (Å²) in [5.74, 6) is 5.82. The SMILES string of the molecule is CN(CC1CCCOC1)S(=O)(=O)c1ccnc(NN)c1. The van der Waals surface area contributed by atoms with Crippen LogP contribution in [0.15, 0.2) is 23.2 Å². The van der Waals surface area contributed by atoms with Crippen molar-refractivity contribution in [3.63, 3.8) is 0 Å². The lowest BCUT2D eigenvalue weighted by molar-refractivity contribution is 0.0495. The molecule has 0 saturated carbocycles. The van der Waals surface area contributed by atoms with Gasteiger partial charge in [0.2, 0.25) is 10.0 Å². The van der Waals surface area contributed by atoms with Gasteiger partial charge in [0.25, 0.3) is 0 Å². The normalized spacial score (nSPS) is 20.1. The molecule has 112 valence electrons. The van der Waals surface area contributed by atoms with Crippen molar-refractivity contribution in [1.82, 2.24) is 9.29 Å². The third kappa shape index (κ3) is 3.45. The second-order valence-corrected chi connectivity index (χ2v) is 6.93. The zero-order valence-corrected chi connectivity index (χ0v) is 12.3. The van der Waals surface area contributed by atoms with Crippen LogP contribution in [0.25, 0.3) is 0 Å². The molecule has 0 amide bonds. The first-order valence-electron chi connectivity index (χ1n) is 6.51. The van der Waals surface area contributed by atoms with E-state index in [1.807, 2.05) is 0 Å². The van der Waals surface area contributed by atoms with Crippen LogP contribution in [0.2, 0.25) is 0 Å². The van der Waals surface area contributed by atoms with Crippen molar-refractivity contribution in [2.75, 3.05) is 32.2 Å². The Balaban J connectivity index is 2.11. The maximum absolute atomic E-state index is 12.5. The van der Waals surface area contributed by atoms with Gasteiger partial charge in [0, 0.05) is 32.5 Å². The van der Waals surface area contributed by atoms with Gasteiger partial charge in [-0.15, -0.1) is 0 Å². The summed E-state index contributed by atoms with van der Waals surface area (Å²) in [6.07, 6.45) is 3.39. The number of hydrogen-bond donors (Lipinski definition) is 2. The van der Waals surface area contributed by atoms with Gasteiger partial charge in [-0.1, -0.05) is 0 Å². The summed E-state index contributed by atoms with van der Waals surface area (Å²) < 4.78 is 31.7. The van der Waals surface area contributed by atoms with Crippen LogP contribution in [-0.2, 0) is 14.8 Å². The minimum Gasteiger partial charge on any atom is -0.381 e. The van der Waals surface area contributed by atoms with E-state index < -0.39 is 10.0 Å². The minimum absolute atomic E-state index is 0.180. The molecule has 1 atom stereocenters. The third-order valence-electron chi connectivity index (χ3n) is 3.36. The lowest BCUT2D eigenvalue weighted by atomic mass is 10.0. The second-order valence-electron chi connectivity index (χ2n) is 4.89. The van der Waals surface area contributed by atoms with Crippen LogP contribution in [0.3, 0.4) is 0 Å². The third-order valence-corrected chi connectivity index (χ3v) is 5.18. The highest BCUT2D eigenvalue weighted by Gasteiger charge is 2.25. The molecule has 0 spiro atoms. The Morgan fingerprint density at radius 3 is 3.05 bits per heavy atom. The Kier molecular flexibility index (Phi) is 4.92. The minimum atomic E-state index is -3.53. The molecule has 1 saturated heterocycles. The maximum atomic E-state index is 12.5. The van der Waals surface area contributed by atoms with E-state index in [2.05, 4.69) is 10.4 Å². The summed E-state index contributed by atoms with van der Waals surface area (Å²) in [4.78, 5) is 4.09. The van der Waals surface area contributed by atoms with Gasteiger partial charge < -0.3 is 10.2 Å². The molecule has 2 rings (SSSR count). The van der Waals surface area contributed by atoms with Crippen LogP contribution in [0.1, 0.15) is 12.8 Å². The predicted octanol–water partition coefficient (Wildman–Crippen LogP) is 0.414. The van der Waals surface area contributed by atoms with Crippen molar-refractivity contribution in [3.05, 3.63) is 18.3 Å². The van der Waals surface area contributed by atoms with Crippen molar-refractivity contribution < 1.29 is 13.2 Å². The van der Waals surface area contributed by atoms with Crippen LogP contribution >= 0.6 is 0 Å². The molecule has 0 aliphatic carbocycles. The van der Waals surface area contributed by atoms with Gasteiger partial charge in [0.1, 0.15) is 5.82 Å². The lowest BCUT2D eigenvalue weighted by Gasteiger charge is -2.26. The Labute approximate surface area is 119 Å². The van der Waals surface area contributed by atoms with E-state index in [1.54, 1.807) is 7.05 Å². The molecular weight excluding hydrogens is 280 g/mol. The summed E-state index contributed by atoms with van der Waals surface area (Å²) >= 11 is 0. The van der Waals surface area contributed by atoms with Crippen LogP contribution < -0.4 is 11.3 Å². The first-order valence-corrected chi connectivity index (χ1v) is 7.95. The lowest BCUT2D eigenvalue weighted by Crippen LogP contribution is -2.35. The highest BCUT2D eigenvalue weighted by atomic mass is 32.2. The molecule has 0 bridgehead atoms. The molecule has 2 heterocycles. The largest absolute Gasteiger partial charge is 0.381 e. The quantitative estimate of drug-likeness (QED) is 0.604. The fourth-order valence-electron chi connectivity index (χ4n) is 2.24. The Morgan fingerprint density at radius 1 is 1.60 bits per heavy atom. The molecule has 7 nitrogen and oxygen atoms in total. The van der Waals surface area contributed by atoms with Crippen molar-refractivity contribution in [2.45, 2.75) is 17.7 Å². The molecular formula is C12H20N4O3S. The van der Waals surface area contributed by atoms with E-state index in [-0.39, 0.29) is 10.8 Å². The van der Waals surface area contributed by atoms with Gasteiger partial charge in [0.15, 0.2) is 0 Å². The standard InChI is InChI=1S/C12H20N4O3S/c1-16(8-10-3-2-6-19-9-10)20(17,18)11-4-5-14-12(7-11)15-13/h4-5,7,10H,2-3,6,8-9,13H2,1H3,(H,14,15). The Hall–Kier alpha value is -1.22. The first kappa shape index (κ1) is 15.2. The molecule has 20 heavy (non-hydrogen) atoms. The highest BCUT2D eigenvalue weighted by molar-refractivity contribution is 7.89. The molecule has 8 heteroatoms.